The molecule has 0 aliphatic rings. The monoisotopic (exact) mass is 347 g/mol. The molecule has 0 unspecified atom stereocenters. The zero-order chi connectivity index (χ0) is 18.1. The lowest BCUT2D eigenvalue weighted by atomic mass is 10.1. The fourth-order valence-electron chi connectivity index (χ4n) is 2.96. The van der Waals surface area contributed by atoms with Crippen molar-refractivity contribution in [1.82, 2.24) is 14.5 Å². The summed E-state index contributed by atoms with van der Waals surface area (Å²) in [6.07, 6.45) is 1.72. The van der Waals surface area contributed by atoms with Crippen molar-refractivity contribution in [2.75, 3.05) is 14.2 Å². The number of imidazole rings is 1. The molecule has 0 amide bonds. The van der Waals surface area contributed by atoms with Crippen molar-refractivity contribution in [2.24, 2.45) is 0 Å². The second-order valence-corrected chi connectivity index (χ2v) is 5.67. The predicted octanol–water partition coefficient (Wildman–Crippen LogP) is 3.81. The summed E-state index contributed by atoms with van der Waals surface area (Å²) in [6.45, 7) is 0. The van der Waals surface area contributed by atoms with E-state index < -0.39 is 0 Å². The van der Waals surface area contributed by atoms with Crippen LogP contribution >= 0.6 is 0 Å². The Morgan fingerprint density at radius 2 is 1.81 bits per heavy atom. The minimum Gasteiger partial charge on any atom is -0.507 e. The van der Waals surface area contributed by atoms with Crippen molar-refractivity contribution < 1.29 is 14.6 Å². The molecule has 4 rings (SSSR count). The van der Waals surface area contributed by atoms with Crippen LogP contribution in [0.25, 0.3) is 28.2 Å². The third-order valence-electron chi connectivity index (χ3n) is 4.19. The molecule has 0 fully saturated rings. The molecule has 4 aromatic rings. The molecule has 0 saturated carbocycles. The summed E-state index contributed by atoms with van der Waals surface area (Å²) in [7, 11) is 3.18. The molecular weight excluding hydrogens is 330 g/mol. The van der Waals surface area contributed by atoms with Crippen molar-refractivity contribution in [3.05, 3.63) is 60.8 Å². The van der Waals surface area contributed by atoms with Crippen LogP contribution in [0.4, 0.5) is 0 Å². The second-order valence-electron chi connectivity index (χ2n) is 5.67. The second kappa shape index (κ2) is 6.40. The first-order valence-electron chi connectivity index (χ1n) is 8.07. The van der Waals surface area contributed by atoms with Gasteiger partial charge >= 0.3 is 0 Å². The van der Waals surface area contributed by atoms with Crippen LogP contribution in [0.15, 0.2) is 60.8 Å². The molecule has 26 heavy (non-hydrogen) atoms. The van der Waals surface area contributed by atoms with Crippen molar-refractivity contribution in [1.29, 1.82) is 0 Å². The summed E-state index contributed by atoms with van der Waals surface area (Å²) in [6, 6.07) is 16.5. The number of phenolic OH excluding ortho intramolecular Hbond substituents is 1. The van der Waals surface area contributed by atoms with E-state index in [1.54, 1.807) is 38.6 Å². The Bertz CT molecular complexity index is 1090. The molecular formula is C20H17N3O3. The van der Waals surface area contributed by atoms with Crippen molar-refractivity contribution in [3.8, 4) is 34.3 Å². The molecule has 0 aliphatic carbocycles. The number of pyridine rings is 1. The number of fused-ring (bicyclic) bond motifs is 1. The standard InChI is InChI=1S/C20H17N3O3/c1-25-13-9-10-14(17(24)12-13)19-22-15-6-5-11-21-20(15)23(19)16-7-3-4-8-18(16)26-2/h3-12,24H,1-2H3. The number of phenols is 1. The van der Waals surface area contributed by atoms with Gasteiger partial charge < -0.3 is 14.6 Å². The first-order chi connectivity index (χ1) is 12.7. The first kappa shape index (κ1) is 16.0. The summed E-state index contributed by atoms with van der Waals surface area (Å²) in [5.41, 5.74) is 2.78. The van der Waals surface area contributed by atoms with Crippen molar-refractivity contribution in [2.45, 2.75) is 0 Å². The van der Waals surface area contributed by atoms with Crippen LogP contribution < -0.4 is 9.47 Å². The summed E-state index contributed by atoms with van der Waals surface area (Å²) in [4.78, 5) is 9.18. The average molecular weight is 347 g/mol. The van der Waals surface area contributed by atoms with Gasteiger partial charge in [0, 0.05) is 12.3 Å². The van der Waals surface area contributed by atoms with E-state index in [-0.39, 0.29) is 5.75 Å². The lowest BCUT2D eigenvalue weighted by Crippen LogP contribution is -2.01. The fraction of sp³-hybridized carbons (Fsp3) is 0.100. The van der Waals surface area contributed by atoms with E-state index in [0.717, 1.165) is 11.2 Å². The molecule has 0 atom stereocenters. The first-order valence-corrected chi connectivity index (χ1v) is 8.07. The molecule has 6 nitrogen and oxygen atoms in total. The number of hydrogen-bond donors (Lipinski definition) is 1. The van der Waals surface area contributed by atoms with Crippen LogP contribution in [0.2, 0.25) is 0 Å². The number of rotatable bonds is 4. The minimum absolute atomic E-state index is 0.0794. The maximum Gasteiger partial charge on any atom is 0.165 e. The highest BCUT2D eigenvalue weighted by molar-refractivity contribution is 5.82. The van der Waals surface area contributed by atoms with E-state index in [9.17, 15) is 5.11 Å². The van der Waals surface area contributed by atoms with Crippen molar-refractivity contribution in [3.63, 3.8) is 0 Å². The Balaban J connectivity index is 2.05. The Labute approximate surface area is 150 Å². The summed E-state index contributed by atoms with van der Waals surface area (Å²) in [5, 5.41) is 10.5. The van der Waals surface area contributed by atoms with Crippen LogP contribution in [0.3, 0.4) is 0 Å². The summed E-state index contributed by atoms with van der Waals surface area (Å²) in [5.74, 6) is 1.91. The molecule has 6 heteroatoms. The molecule has 0 bridgehead atoms. The lowest BCUT2D eigenvalue weighted by Gasteiger charge is -2.13. The SMILES string of the molecule is COc1ccc(-c2nc3cccnc3n2-c2ccccc2OC)c(O)c1. The van der Waals surface area contributed by atoms with E-state index >= 15 is 0 Å². The van der Waals surface area contributed by atoms with Gasteiger partial charge in [0.15, 0.2) is 11.5 Å². The fourth-order valence-corrected chi connectivity index (χ4v) is 2.96. The maximum atomic E-state index is 10.5. The van der Waals surface area contributed by atoms with Gasteiger partial charge in [0.25, 0.3) is 0 Å². The molecule has 2 heterocycles. The average Bonchev–Trinajstić information content (AvgIpc) is 3.06. The minimum atomic E-state index is 0.0794. The van der Waals surface area contributed by atoms with Gasteiger partial charge in [-0.1, -0.05) is 12.1 Å². The smallest absolute Gasteiger partial charge is 0.165 e. The molecule has 0 radical (unpaired) electrons. The Kier molecular flexibility index (Phi) is 3.93. The van der Waals surface area contributed by atoms with Gasteiger partial charge in [0.1, 0.15) is 22.8 Å². The van der Waals surface area contributed by atoms with E-state index in [1.807, 2.05) is 41.0 Å². The van der Waals surface area contributed by atoms with Crippen LogP contribution in [-0.4, -0.2) is 33.9 Å². The third-order valence-corrected chi connectivity index (χ3v) is 4.19. The zero-order valence-corrected chi connectivity index (χ0v) is 14.4. The van der Waals surface area contributed by atoms with Crippen LogP contribution in [0.5, 0.6) is 17.2 Å². The van der Waals surface area contributed by atoms with Gasteiger partial charge in [-0.2, -0.15) is 0 Å². The lowest BCUT2D eigenvalue weighted by molar-refractivity contribution is 0.408. The van der Waals surface area contributed by atoms with Crippen LogP contribution in [0, 0.1) is 0 Å². The predicted molar refractivity (Wildman–Crippen MR) is 99.1 cm³/mol. The molecule has 1 N–H and O–H groups in total. The number of methoxy groups -OCH3 is 2. The van der Waals surface area contributed by atoms with E-state index in [2.05, 4.69) is 4.98 Å². The molecule has 0 spiro atoms. The Morgan fingerprint density at radius 3 is 2.58 bits per heavy atom. The number of ether oxygens (including phenoxy) is 2. The van der Waals surface area contributed by atoms with Crippen molar-refractivity contribution >= 4 is 11.2 Å². The highest BCUT2D eigenvalue weighted by Crippen LogP contribution is 2.37. The zero-order valence-electron chi connectivity index (χ0n) is 14.4. The number of nitrogens with zero attached hydrogens (tertiary/aromatic N) is 3. The van der Waals surface area contributed by atoms with Crippen LogP contribution in [0.1, 0.15) is 0 Å². The summed E-state index contributed by atoms with van der Waals surface area (Å²) >= 11 is 0. The number of aromatic nitrogens is 3. The third kappa shape index (κ3) is 2.52. The van der Waals surface area contributed by atoms with E-state index in [4.69, 9.17) is 14.5 Å². The summed E-state index contributed by atoms with van der Waals surface area (Å²) < 4.78 is 12.6. The number of para-hydroxylation sites is 2. The van der Waals surface area contributed by atoms with E-state index in [0.29, 0.717) is 28.5 Å². The van der Waals surface area contributed by atoms with Gasteiger partial charge in [-0.05, 0) is 36.4 Å². The normalized spacial score (nSPS) is 10.8. The van der Waals surface area contributed by atoms with E-state index in [1.165, 1.54) is 0 Å². The Morgan fingerprint density at radius 1 is 0.962 bits per heavy atom. The number of benzene rings is 2. The Hall–Kier alpha value is -3.54. The molecule has 0 aliphatic heterocycles. The highest BCUT2D eigenvalue weighted by atomic mass is 16.5. The van der Waals surface area contributed by atoms with Gasteiger partial charge in [0.05, 0.1) is 25.5 Å². The van der Waals surface area contributed by atoms with Crippen LogP contribution in [-0.2, 0) is 0 Å². The van der Waals surface area contributed by atoms with Gasteiger partial charge in [-0.15, -0.1) is 0 Å². The quantitative estimate of drug-likeness (QED) is 0.608. The van der Waals surface area contributed by atoms with Gasteiger partial charge in [-0.25, -0.2) is 9.97 Å². The maximum absolute atomic E-state index is 10.5. The molecule has 130 valence electrons. The molecule has 2 aromatic carbocycles. The topological polar surface area (TPSA) is 69.4 Å². The largest absolute Gasteiger partial charge is 0.507 e. The molecule has 2 aromatic heterocycles. The molecule has 0 saturated heterocycles. The van der Waals surface area contributed by atoms with Gasteiger partial charge in [-0.3, -0.25) is 4.57 Å². The van der Waals surface area contributed by atoms with Gasteiger partial charge in [0.2, 0.25) is 0 Å². The number of aromatic hydroxyl groups is 1. The highest BCUT2D eigenvalue weighted by Gasteiger charge is 2.20. The number of hydrogen-bond acceptors (Lipinski definition) is 5.